The van der Waals surface area contributed by atoms with E-state index in [1.807, 2.05) is 0 Å². The molecule has 0 aromatic heterocycles. The number of halogens is 1. The molecule has 11 unspecified atom stereocenters. The van der Waals surface area contributed by atoms with Gasteiger partial charge in [-0.3, -0.25) is 0 Å². The highest BCUT2D eigenvalue weighted by Crippen LogP contribution is 2.65. The molecule has 1 heteroatoms. The Balaban J connectivity index is 1.34. The van der Waals surface area contributed by atoms with Crippen molar-refractivity contribution in [2.75, 3.05) is 0 Å². The largest absolute Gasteiger partial charge is 0.0891 e. The monoisotopic (exact) mass is 460 g/mol. The quantitative estimate of drug-likeness (QED) is 0.343. The molecule has 0 spiro atoms. The first-order chi connectivity index (χ1) is 14.3. The van der Waals surface area contributed by atoms with E-state index in [0.29, 0.717) is 0 Å². The van der Waals surface area contributed by atoms with E-state index in [9.17, 15) is 0 Å². The van der Waals surface area contributed by atoms with Crippen molar-refractivity contribution in [1.82, 2.24) is 0 Å². The van der Waals surface area contributed by atoms with Gasteiger partial charge in [0.05, 0.1) is 0 Å². The van der Waals surface area contributed by atoms with Gasteiger partial charge in [-0.05, 0) is 117 Å². The van der Waals surface area contributed by atoms with Gasteiger partial charge in [0.2, 0.25) is 0 Å². The van der Waals surface area contributed by atoms with Gasteiger partial charge < -0.3 is 0 Å². The molecule has 6 saturated carbocycles. The molecular formula is C28H45Br. The maximum absolute atomic E-state index is 4.05. The van der Waals surface area contributed by atoms with Crippen molar-refractivity contribution in [2.24, 2.45) is 59.2 Å². The second-order valence-corrected chi connectivity index (χ2v) is 13.8. The first-order valence-electron chi connectivity index (χ1n) is 14.0. The second kappa shape index (κ2) is 8.44. The molecule has 0 N–H and O–H groups in total. The van der Waals surface area contributed by atoms with Gasteiger partial charge in [0.15, 0.2) is 0 Å². The van der Waals surface area contributed by atoms with Gasteiger partial charge in [0.1, 0.15) is 0 Å². The van der Waals surface area contributed by atoms with E-state index >= 15 is 0 Å². The zero-order valence-corrected chi connectivity index (χ0v) is 20.3. The number of hydrogen-bond donors (Lipinski definition) is 0. The first kappa shape index (κ1) is 20.1. The SMILES string of the molecule is BrC1CCCC(C2CC3C4CCCCC4C4CCCCC4C3C3CCCCC23)C1. The number of alkyl halides is 1. The summed E-state index contributed by atoms with van der Waals surface area (Å²) in [5, 5.41) is 0. The minimum Gasteiger partial charge on any atom is -0.0891 e. The van der Waals surface area contributed by atoms with Crippen LogP contribution in [0.25, 0.3) is 0 Å². The molecular weight excluding hydrogens is 416 g/mol. The predicted octanol–water partition coefficient (Wildman–Crippen LogP) is 8.63. The molecule has 6 aliphatic rings. The van der Waals surface area contributed by atoms with Crippen LogP contribution in [0.1, 0.15) is 109 Å². The molecule has 0 aromatic carbocycles. The van der Waals surface area contributed by atoms with E-state index in [2.05, 4.69) is 15.9 Å². The highest BCUT2D eigenvalue weighted by Gasteiger charge is 2.58. The second-order valence-electron chi connectivity index (χ2n) is 12.5. The van der Waals surface area contributed by atoms with Gasteiger partial charge in [-0.1, -0.05) is 67.3 Å². The third-order valence-corrected chi connectivity index (χ3v) is 12.4. The minimum atomic E-state index is 0.831. The smallest absolute Gasteiger partial charge is 0.0148 e. The molecule has 0 heterocycles. The zero-order valence-electron chi connectivity index (χ0n) is 18.7. The molecule has 0 aliphatic heterocycles. The van der Waals surface area contributed by atoms with Crippen LogP contribution < -0.4 is 0 Å². The average Bonchev–Trinajstić information content (AvgIpc) is 2.78. The van der Waals surface area contributed by atoms with Crippen molar-refractivity contribution in [1.29, 1.82) is 0 Å². The van der Waals surface area contributed by atoms with Crippen LogP contribution in [0.4, 0.5) is 0 Å². The third-order valence-electron chi connectivity index (χ3n) is 11.6. The molecule has 6 rings (SSSR count). The van der Waals surface area contributed by atoms with Gasteiger partial charge >= 0.3 is 0 Å². The predicted molar refractivity (Wildman–Crippen MR) is 126 cm³/mol. The number of fused-ring (bicyclic) bond motifs is 8. The molecule has 0 radical (unpaired) electrons. The van der Waals surface area contributed by atoms with E-state index in [0.717, 1.165) is 64.0 Å². The van der Waals surface area contributed by atoms with Gasteiger partial charge in [0.25, 0.3) is 0 Å². The van der Waals surface area contributed by atoms with E-state index in [1.165, 1.54) is 19.3 Å². The average molecular weight is 462 g/mol. The summed E-state index contributed by atoms with van der Waals surface area (Å²) in [7, 11) is 0. The summed E-state index contributed by atoms with van der Waals surface area (Å²) in [5.41, 5.74) is 0. The minimum absolute atomic E-state index is 0.831. The summed E-state index contributed by atoms with van der Waals surface area (Å²) in [6.07, 6.45) is 26.7. The Kier molecular flexibility index (Phi) is 5.85. The Hall–Kier alpha value is 0.480. The highest BCUT2D eigenvalue weighted by atomic mass is 79.9. The van der Waals surface area contributed by atoms with Crippen LogP contribution in [0, 0.1) is 59.2 Å². The molecule has 6 aliphatic carbocycles. The Morgan fingerprint density at radius 1 is 0.379 bits per heavy atom. The molecule has 6 fully saturated rings. The van der Waals surface area contributed by atoms with Crippen LogP contribution >= 0.6 is 15.9 Å². The van der Waals surface area contributed by atoms with E-state index < -0.39 is 0 Å². The fourth-order valence-corrected chi connectivity index (χ4v) is 11.6. The van der Waals surface area contributed by atoms with Crippen LogP contribution in [-0.4, -0.2) is 4.83 Å². The van der Waals surface area contributed by atoms with Gasteiger partial charge in [-0.15, -0.1) is 0 Å². The summed E-state index contributed by atoms with van der Waals surface area (Å²) in [4.78, 5) is 0.831. The molecule has 11 atom stereocenters. The van der Waals surface area contributed by atoms with Crippen LogP contribution in [-0.2, 0) is 0 Å². The molecule has 0 bridgehead atoms. The Bertz CT molecular complexity index is 571. The lowest BCUT2D eigenvalue weighted by atomic mass is 9.42. The summed E-state index contributed by atoms with van der Waals surface area (Å²) in [5.74, 6) is 11.3. The topological polar surface area (TPSA) is 0 Å². The normalized spacial score (nSPS) is 55.1. The number of rotatable bonds is 1. The van der Waals surface area contributed by atoms with Crippen LogP contribution in [0.2, 0.25) is 0 Å². The maximum atomic E-state index is 4.05. The molecule has 0 nitrogen and oxygen atoms in total. The highest BCUT2D eigenvalue weighted by molar-refractivity contribution is 9.09. The Labute approximate surface area is 188 Å². The molecule has 0 saturated heterocycles. The Morgan fingerprint density at radius 3 is 1.45 bits per heavy atom. The van der Waals surface area contributed by atoms with Crippen LogP contribution in [0.3, 0.4) is 0 Å². The lowest BCUT2D eigenvalue weighted by Gasteiger charge is -2.63. The molecule has 164 valence electrons. The van der Waals surface area contributed by atoms with E-state index in [1.54, 1.807) is 89.9 Å². The van der Waals surface area contributed by atoms with Crippen LogP contribution in [0.5, 0.6) is 0 Å². The summed E-state index contributed by atoms with van der Waals surface area (Å²) < 4.78 is 0. The molecule has 0 amide bonds. The fourth-order valence-electron chi connectivity index (χ4n) is 10.8. The first-order valence-corrected chi connectivity index (χ1v) is 14.9. The number of hydrogen-bond acceptors (Lipinski definition) is 0. The maximum Gasteiger partial charge on any atom is 0.0148 e. The Morgan fingerprint density at radius 2 is 0.862 bits per heavy atom. The van der Waals surface area contributed by atoms with Gasteiger partial charge in [-0.2, -0.15) is 0 Å². The lowest BCUT2D eigenvalue weighted by molar-refractivity contribution is -0.147. The van der Waals surface area contributed by atoms with Crippen molar-refractivity contribution in [3.8, 4) is 0 Å². The van der Waals surface area contributed by atoms with Gasteiger partial charge in [-0.25, -0.2) is 0 Å². The van der Waals surface area contributed by atoms with Crippen LogP contribution in [0.15, 0.2) is 0 Å². The van der Waals surface area contributed by atoms with Crippen molar-refractivity contribution in [3.05, 3.63) is 0 Å². The molecule has 29 heavy (non-hydrogen) atoms. The molecule has 0 aromatic rings. The van der Waals surface area contributed by atoms with Crippen molar-refractivity contribution in [2.45, 2.75) is 114 Å². The van der Waals surface area contributed by atoms with Crippen molar-refractivity contribution >= 4 is 15.9 Å². The summed E-state index contributed by atoms with van der Waals surface area (Å²) in [6, 6.07) is 0. The summed E-state index contributed by atoms with van der Waals surface area (Å²) >= 11 is 4.05. The van der Waals surface area contributed by atoms with E-state index in [-0.39, 0.29) is 0 Å². The standard InChI is InChI=1S/C28H45Br/c29-19-9-7-8-18(16-19)26-17-27-22-12-2-1-10-20(22)21-11-3-5-14-24(21)28(27)25-15-6-4-13-23(25)26/h18-28H,1-17H2. The van der Waals surface area contributed by atoms with Crippen molar-refractivity contribution in [3.63, 3.8) is 0 Å². The lowest BCUT2D eigenvalue weighted by Crippen LogP contribution is -2.57. The third kappa shape index (κ3) is 3.51. The van der Waals surface area contributed by atoms with Crippen molar-refractivity contribution < 1.29 is 0 Å². The van der Waals surface area contributed by atoms with E-state index in [4.69, 9.17) is 0 Å². The van der Waals surface area contributed by atoms with Gasteiger partial charge in [0, 0.05) is 4.83 Å². The fraction of sp³-hybridized carbons (Fsp3) is 1.00. The zero-order chi connectivity index (χ0) is 19.4. The summed E-state index contributed by atoms with van der Waals surface area (Å²) in [6.45, 7) is 0.